The fraction of sp³-hybridized carbons (Fsp3) is 0.111. The van der Waals surface area contributed by atoms with Crippen molar-refractivity contribution in [3.63, 3.8) is 0 Å². The van der Waals surface area contributed by atoms with Crippen LogP contribution in [-0.4, -0.2) is 15.1 Å². The molecule has 1 aromatic heterocycles. The Bertz CT molecular complexity index is 553. The van der Waals surface area contributed by atoms with E-state index >= 15 is 0 Å². The average Bonchev–Trinajstić information content (AvgIpc) is 2.64. The quantitative estimate of drug-likeness (QED) is 0.575. The zero-order valence-electron chi connectivity index (χ0n) is 8.18. The maximum absolute atomic E-state index is 13.6. The molecular weight excluding hydrogens is 217 g/mol. The third-order valence-electron chi connectivity index (χ3n) is 1.93. The van der Waals surface area contributed by atoms with Crippen LogP contribution in [0.15, 0.2) is 22.6 Å². The van der Waals surface area contributed by atoms with Gasteiger partial charge in [0.15, 0.2) is 0 Å². The van der Waals surface area contributed by atoms with Crippen molar-refractivity contribution in [2.45, 2.75) is 6.92 Å². The number of nitro benzene ring substituents is 1. The van der Waals surface area contributed by atoms with Gasteiger partial charge in [-0.3, -0.25) is 10.1 Å². The molecule has 2 aromatic rings. The molecule has 16 heavy (non-hydrogen) atoms. The highest BCUT2D eigenvalue weighted by Gasteiger charge is 2.21. The lowest BCUT2D eigenvalue weighted by molar-refractivity contribution is -0.387. The summed E-state index contributed by atoms with van der Waals surface area (Å²) in [6.45, 7) is 1.55. The predicted octanol–water partition coefficient (Wildman–Crippen LogP) is 2.09. The molecule has 0 N–H and O–H groups in total. The van der Waals surface area contributed by atoms with E-state index in [1.807, 2.05) is 0 Å². The van der Waals surface area contributed by atoms with E-state index in [2.05, 4.69) is 10.2 Å². The van der Waals surface area contributed by atoms with Crippen molar-refractivity contribution < 1.29 is 13.7 Å². The van der Waals surface area contributed by atoms with Gasteiger partial charge in [0.05, 0.1) is 10.5 Å². The van der Waals surface area contributed by atoms with Crippen LogP contribution in [0.3, 0.4) is 0 Å². The fourth-order valence-electron chi connectivity index (χ4n) is 1.23. The number of hydrogen-bond acceptors (Lipinski definition) is 5. The molecule has 0 bridgehead atoms. The molecule has 0 saturated carbocycles. The zero-order valence-corrected chi connectivity index (χ0v) is 8.18. The van der Waals surface area contributed by atoms with Crippen LogP contribution in [0.1, 0.15) is 5.89 Å². The van der Waals surface area contributed by atoms with Crippen LogP contribution in [0.5, 0.6) is 0 Å². The van der Waals surface area contributed by atoms with E-state index in [4.69, 9.17) is 4.42 Å². The van der Waals surface area contributed by atoms with E-state index in [1.54, 1.807) is 6.92 Å². The summed E-state index contributed by atoms with van der Waals surface area (Å²) in [5.41, 5.74) is -0.692. The van der Waals surface area contributed by atoms with Gasteiger partial charge in [0.2, 0.25) is 11.7 Å². The summed E-state index contributed by atoms with van der Waals surface area (Å²) in [7, 11) is 0. The Balaban J connectivity index is 2.58. The minimum Gasteiger partial charge on any atom is -0.421 e. The third-order valence-corrected chi connectivity index (χ3v) is 1.93. The lowest BCUT2D eigenvalue weighted by atomic mass is 10.2. The molecule has 7 heteroatoms. The molecule has 82 valence electrons. The normalized spacial score (nSPS) is 10.4. The molecule has 1 aromatic carbocycles. The van der Waals surface area contributed by atoms with Crippen LogP contribution in [0, 0.1) is 22.9 Å². The van der Waals surface area contributed by atoms with Gasteiger partial charge in [-0.25, -0.2) is 0 Å². The molecule has 0 fully saturated rings. The van der Waals surface area contributed by atoms with Gasteiger partial charge in [0.25, 0.3) is 5.89 Å². The number of rotatable bonds is 2. The number of aromatic nitrogens is 2. The first-order valence-corrected chi connectivity index (χ1v) is 4.33. The van der Waals surface area contributed by atoms with Crippen LogP contribution in [-0.2, 0) is 0 Å². The summed E-state index contributed by atoms with van der Waals surface area (Å²) in [6, 6.07) is 3.77. The number of nitrogens with zero attached hydrogens (tertiary/aromatic N) is 3. The van der Waals surface area contributed by atoms with Crippen molar-refractivity contribution in [2.75, 3.05) is 0 Å². The van der Waals surface area contributed by atoms with Gasteiger partial charge in [-0.2, -0.15) is 4.39 Å². The third kappa shape index (κ3) is 1.62. The first kappa shape index (κ1) is 10.2. The molecule has 1 heterocycles. The van der Waals surface area contributed by atoms with E-state index in [0.29, 0.717) is 0 Å². The van der Waals surface area contributed by atoms with E-state index in [1.165, 1.54) is 12.1 Å². The van der Waals surface area contributed by atoms with Crippen LogP contribution in [0.2, 0.25) is 0 Å². The molecular formula is C9H6FN3O3. The van der Waals surface area contributed by atoms with Crippen LogP contribution in [0.25, 0.3) is 11.5 Å². The lowest BCUT2D eigenvalue weighted by Gasteiger charge is -1.97. The minimum absolute atomic E-state index is 0.0706. The molecule has 0 aliphatic rings. The lowest BCUT2D eigenvalue weighted by Crippen LogP contribution is -1.94. The SMILES string of the molecule is Cc1nnc(-c2cccc([N+](=O)[O-])c2F)o1. The van der Waals surface area contributed by atoms with Crippen molar-refractivity contribution in [2.24, 2.45) is 0 Å². The first-order chi connectivity index (χ1) is 7.59. The van der Waals surface area contributed by atoms with Gasteiger partial charge in [0, 0.05) is 13.0 Å². The van der Waals surface area contributed by atoms with Crippen molar-refractivity contribution in [1.29, 1.82) is 0 Å². The van der Waals surface area contributed by atoms with E-state index in [-0.39, 0.29) is 17.3 Å². The Hall–Kier alpha value is -2.31. The standard InChI is InChI=1S/C9H6FN3O3/c1-5-11-12-9(16-5)6-3-2-4-7(8(6)10)13(14)15/h2-4H,1H3. The first-order valence-electron chi connectivity index (χ1n) is 4.33. The second-order valence-electron chi connectivity index (χ2n) is 3.02. The summed E-state index contributed by atoms with van der Waals surface area (Å²) in [4.78, 5) is 9.71. The van der Waals surface area contributed by atoms with Gasteiger partial charge in [-0.1, -0.05) is 6.07 Å². The predicted molar refractivity (Wildman–Crippen MR) is 51.1 cm³/mol. The summed E-state index contributed by atoms with van der Waals surface area (Å²) in [5, 5.41) is 17.6. The van der Waals surface area contributed by atoms with Gasteiger partial charge in [0.1, 0.15) is 0 Å². The monoisotopic (exact) mass is 223 g/mol. The summed E-state index contributed by atoms with van der Waals surface area (Å²) in [5.74, 6) is -0.782. The van der Waals surface area contributed by atoms with Crippen molar-refractivity contribution in [1.82, 2.24) is 10.2 Å². The summed E-state index contributed by atoms with van der Waals surface area (Å²) < 4.78 is 18.6. The Morgan fingerprint density at radius 2 is 2.19 bits per heavy atom. The molecule has 0 radical (unpaired) electrons. The highest BCUT2D eigenvalue weighted by molar-refractivity contribution is 5.58. The zero-order chi connectivity index (χ0) is 11.7. The Kier molecular flexibility index (Phi) is 2.35. The summed E-state index contributed by atoms with van der Waals surface area (Å²) in [6.07, 6.45) is 0. The molecule has 0 atom stereocenters. The van der Waals surface area contributed by atoms with E-state index in [0.717, 1.165) is 6.07 Å². The largest absolute Gasteiger partial charge is 0.421 e. The highest BCUT2D eigenvalue weighted by atomic mass is 19.1. The number of benzene rings is 1. The topological polar surface area (TPSA) is 82.1 Å². The molecule has 0 unspecified atom stereocenters. The summed E-state index contributed by atoms with van der Waals surface area (Å²) >= 11 is 0. The molecule has 0 aliphatic carbocycles. The maximum Gasteiger partial charge on any atom is 0.305 e. The van der Waals surface area contributed by atoms with Crippen molar-refractivity contribution >= 4 is 5.69 Å². The highest BCUT2D eigenvalue weighted by Crippen LogP contribution is 2.27. The Morgan fingerprint density at radius 1 is 1.44 bits per heavy atom. The van der Waals surface area contributed by atoms with E-state index in [9.17, 15) is 14.5 Å². The van der Waals surface area contributed by atoms with E-state index < -0.39 is 16.4 Å². The Labute approximate surface area is 88.9 Å². The smallest absolute Gasteiger partial charge is 0.305 e. The van der Waals surface area contributed by atoms with Crippen LogP contribution < -0.4 is 0 Å². The average molecular weight is 223 g/mol. The molecule has 2 rings (SSSR count). The number of aryl methyl sites for hydroxylation is 1. The molecule has 0 saturated heterocycles. The second-order valence-corrected chi connectivity index (χ2v) is 3.02. The molecule has 0 aliphatic heterocycles. The van der Waals surface area contributed by atoms with Gasteiger partial charge in [-0.05, 0) is 6.07 Å². The van der Waals surface area contributed by atoms with Gasteiger partial charge < -0.3 is 4.42 Å². The van der Waals surface area contributed by atoms with Crippen LogP contribution in [0.4, 0.5) is 10.1 Å². The number of halogens is 1. The minimum atomic E-state index is -0.976. The van der Waals surface area contributed by atoms with Gasteiger partial charge in [-0.15, -0.1) is 10.2 Å². The number of nitro groups is 1. The van der Waals surface area contributed by atoms with Gasteiger partial charge >= 0.3 is 5.69 Å². The van der Waals surface area contributed by atoms with Crippen LogP contribution >= 0.6 is 0 Å². The molecule has 6 nitrogen and oxygen atoms in total. The van der Waals surface area contributed by atoms with Crippen molar-refractivity contribution in [3.8, 4) is 11.5 Å². The van der Waals surface area contributed by atoms with Crippen molar-refractivity contribution in [3.05, 3.63) is 40.0 Å². The molecule has 0 spiro atoms. The second kappa shape index (κ2) is 3.69. The Morgan fingerprint density at radius 3 is 2.75 bits per heavy atom. The fourth-order valence-corrected chi connectivity index (χ4v) is 1.23. The maximum atomic E-state index is 13.6. The number of hydrogen-bond donors (Lipinski definition) is 0. The molecule has 0 amide bonds.